The molecule has 0 bridgehead atoms. The fourth-order valence-electron chi connectivity index (χ4n) is 1.57. The van der Waals surface area contributed by atoms with Crippen molar-refractivity contribution in [1.29, 1.82) is 0 Å². The van der Waals surface area contributed by atoms with E-state index in [0.29, 0.717) is 0 Å². The van der Waals surface area contributed by atoms with Crippen LogP contribution in [-0.4, -0.2) is 19.0 Å². The van der Waals surface area contributed by atoms with Crippen molar-refractivity contribution in [2.75, 3.05) is 13.1 Å². The largest absolute Gasteiger partial charge is 0.357 e. The molecule has 0 saturated heterocycles. The van der Waals surface area contributed by atoms with Gasteiger partial charge in [0.25, 0.3) is 0 Å². The van der Waals surface area contributed by atoms with Crippen molar-refractivity contribution in [3.63, 3.8) is 0 Å². The number of hydrogen-bond acceptors (Lipinski definition) is 1. The van der Waals surface area contributed by atoms with E-state index >= 15 is 0 Å². The lowest BCUT2D eigenvalue weighted by Crippen LogP contribution is -2.38. The predicted octanol–water partition coefficient (Wildman–Crippen LogP) is 2.79. The molecule has 0 amide bonds. The molecule has 3 heteroatoms. The van der Waals surface area contributed by atoms with Crippen LogP contribution in [-0.2, 0) is 6.54 Å². The number of hydrogen-bond donors (Lipinski definition) is 2. The lowest BCUT2D eigenvalue weighted by Gasteiger charge is -2.12. The second kappa shape index (κ2) is 8.56. The molecule has 0 aliphatic carbocycles. The topological polar surface area (TPSA) is 36.4 Å². The zero-order valence-corrected chi connectivity index (χ0v) is 11.7. The van der Waals surface area contributed by atoms with Crippen molar-refractivity contribution in [1.82, 2.24) is 10.6 Å². The molecule has 0 spiro atoms. The highest BCUT2D eigenvalue weighted by Crippen LogP contribution is 2.00. The fraction of sp³-hybridized carbons (Fsp3) is 0.533. The molecule has 0 aromatic heterocycles. The van der Waals surface area contributed by atoms with Gasteiger partial charge in [0.05, 0.1) is 6.54 Å². The Balaban J connectivity index is 2.44. The van der Waals surface area contributed by atoms with Gasteiger partial charge >= 0.3 is 0 Å². The molecule has 100 valence electrons. The first-order chi connectivity index (χ1) is 8.72. The molecule has 0 atom stereocenters. The van der Waals surface area contributed by atoms with Gasteiger partial charge in [-0.2, -0.15) is 0 Å². The van der Waals surface area contributed by atoms with Crippen LogP contribution >= 0.6 is 0 Å². The monoisotopic (exact) mass is 247 g/mol. The maximum atomic E-state index is 4.57. The molecule has 0 radical (unpaired) electrons. The third kappa shape index (κ3) is 6.28. The Morgan fingerprint density at radius 1 is 1.17 bits per heavy atom. The van der Waals surface area contributed by atoms with Gasteiger partial charge in [-0.3, -0.25) is 0 Å². The molecule has 3 nitrogen and oxygen atoms in total. The summed E-state index contributed by atoms with van der Waals surface area (Å²) < 4.78 is 0. The summed E-state index contributed by atoms with van der Waals surface area (Å²) >= 11 is 0. The molecule has 0 aliphatic heterocycles. The van der Waals surface area contributed by atoms with Crippen molar-refractivity contribution in [3.8, 4) is 0 Å². The normalized spacial score (nSPS) is 11.7. The second-order valence-corrected chi connectivity index (χ2v) is 4.79. The number of guanidine groups is 1. The van der Waals surface area contributed by atoms with Gasteiger partial charge in [-0.05, 0) is 24.8 Å². The summed E-state index contributed by atoms with van der Waals surface area (Å²) in [5.74, 6) is 1.62. The zero-order valence-electron chi connectivity index (χ0n) is 11.7. The molecule has 2 N–H and O–H groups in total. The third-order valence-electron chi connectivity index (χ3n) is 2.62. The number of benzene rings is 1. The van der Waals surface area contributed by atoms with Crippen molar-refractivity contribution in [2.45, 2.75) is 33.7 Å². The first-order valence-electron chi connectivity index (χ1n) is 6.78. The lowest BCUT2D eigenvalue weighted by atomic mass is 10.1. The molecule has 1 aromatic carbocycles. The van der Waals surface area contributed by atoms with Crippen LogP contribution in [0.5, 0.6) is 0 Å². The van der Waals surface area contributed by atoms with Crippen molar-refractivity contribution in [3.05, 3.63) is 35.9 Å². The predicted molar refractivity (Wildman–Crippen MR) is 78.7 cm³/mol. The molecule has 0 unspecified atom stereocenters. The molecular formula is C15H25N3. The first-order valence-corrected chi connectivity index (χ1v) is 6.78. The highest BCUT2D eigenvalue weighted by Gasteiger charge is 1.98. The van der Waals surface area contributed by atoms with Gasteiger partial charge in [0.2, 0.25) is 0 Å². The standard InChI is InChI=1S/C15H25N3/c1-4-16-15(17-11-10-13(2)3)18-12-14-8-6-5-7-9-14/h5-9,13H,4,10-12H2,1-3H3,(H2,16,17,18). The molecule has 0 fully saturated rings. The molecular weight excluding hydrogens is 222 g/mol. The molecule has 0 aliphatic rings. The SMILES string of the molecule is CCNC(=NCc1ccccc1)NCCC(C)C. The van der Waals surface area contributed by atoms with E-state index in [2.05, 4.69) is 48.5 Å². The van der Waals surface area contributed by atoms with Gasteiger partial charge in [0, 0.05) is 13.1 Å². The van der Waals surface area contributed by atoms with Crippen LogP contribution in [0, 0.1) is 5.92 Å². The van der Waals surface area contributed by atoms with Gasteiger partial charge in [-0.25, -0.2) is 4.99 Å². The molecule has 1 rings (SSSR count). The summed E-state index contributed by atoms with van der Waals surface area (Å²) in [7, 11) is 0. The van der Waals surface area contributed by atoms with Crippen molar-refractivity contribution in [2.24, 2.45) is 10.9 Å². The first kappa shape index (κ1) is 14.6. The summed E-state index contributed by atoms with van der Waals surface area (Å²) in [6.45, 7) is 9.13. The van der Waals surface area contributed by atoms with Crippen LogP contribution in [0.1, 0.15) is 32.8 Å². The number of rotatable bonds is 6. The molecule has 0 saturated carbocycles. The quantitative estimate of drug-likeness (QED) is 0.599. The number of aliphatic imine (C=N–C) groups is 1. The summed E-state index contributed by atoms with van der Waals surface area (Å²) in [5, 5.41) is 6.63. The highest BCUT2D eigenvalue weighted by molar-refractivity contribution is 5.79. The van der Waals surface area contributed by atoms with E-state index in [-0.39, 0.29) is 0 Å². The van der Waals surface area contributed by atoms with Gasteiger partial charge in [0.1, 0.15) is 0 Å². The van der Waals surface area contributed by atoms with E-state index in [9.17, 15) is 0 Å². The molecule has 0 heterocycles. The summed E-state index contributed by atoms with van der Waals surface area (Å²) in [6.07, 6.45) is 1.16. The second-order valence-electron chi connectivity index (χ2n) is 4.79. The minimum absolute atomic E-state index is 0.717. The van der Waals surface area contributed by atoms with Crippen LogP contribution in [0.2, 0.25) is 0 Å². The summed E-state index contributed by atoms with van der Waals surface area (Å²) in [6, 6.07) is 10.3. The van der Waals surface area contributed by atoms with E-state index in [1.807, 2.05) is 18.2 Å². The summed E-state index contributed by atoms with van der Waals surface area (Å²) in [4.78, 5) is 4.57. The Morgan fingerprint density at radius 2 is 1.89 bits per heavy atom. The van der Waals surface area contributed by atoms with Crippen LogP contribution in [0.25, 0.3) is 0 Å². The molecule has 18 heavy (non-hydrogen) atoms. The van der Waals surface area contributed by atoms with Crippen molar-refractivity contribution >= 4 is 5.96 Å². The van der Waals surface area contributed by atoms with E-state index in [0.717, 1.165) is 37.9 Å². The van der Waals surface area contributed by atoms with Crippen molar-refractivity contribution < 1.29 is 0 Å². The van der Waals surface area contributed by atoms with Gasteiger partial charge < -0.3 is 10.6 Å². The Morgan fingerprint density at radius 3 is 2.50 bits per heavy atom. The minimum Gasteiger partial charge on any atom is -0.357 e. The maximum Gasteiger partial charge on any atom is 0.191 e. The Labute approximate surface area is 111 Å². The fourth-order valence-corrected chi connectivity index (χ4v) is 1.57. The molecule has 1 aromatic rings. The van der Waals surface area contributed by atoms with Gasteiger partial charge in [0.15, 0.2) is 5.96 Å². The number of nitrogens with zero attached hydrogens (tertiary/aromatic N) is 1. The highest BCUT2D eigenvalue weighted by atomic mass is 15.2. The van der Waals surface area contributed by atoms with E-state index in [4.69, 9.17) is 0 Å². The van der Waals surface area contributed by atoms with E-state index < -0.39 is 0 Å². The average Bonchev–Trinajstić information content (AvgIpc) is 2.37. The van der Waals surface area contributed by atoms with Gasteiger partial charge in [-0.15, -0.1) is 0 Å². The smallest absolute Gasteiger partial charge is 0.191 e. The maximum absolute atomic E-state index is 4.57. The van der Waals surface area contributed by atoms with E-state index in [1.54, 1.807) is 0 Å². The Bertz CT molecular complexity index is 344. The summed E-state index contributed by atoms with van der Waals surface area (Å²) in [5.41, 5.74) is 1.23. The van der Waals surface area contributed by atoms with Gasteiger partial charge in [-0.1, -0.05) is 44.2 Å². The van der Waals surface area contributed by atoms with E-state index in [1.165, 1.54) is 5.56 Å². The Kier molecular flexibility index (Phi) is 6.92. The zero-order chi connectivity index (χ0) is 13.2. The number of nitrogens with one attached hydrogen (secondary N) is 2. The minimum atomic E-state index is 0.717. The van der Waals surface area contributed by atoms with Crippen LogP contribution in [0.4, 0.5) is 0 Å². The van der Waals surface area contributed by atoms with Crippen LogP contribution in [0.15, 0.2) is 35.3 Å². The van der Waals surface area contributed by atoms with Crippen LogP contribution in [0.3, 0.4) is 0 Å². The third-order valence-corrected chi connectivity index (χ3v) is 2.62. The Hall–Kier alpha value is -1.51. The average molecular weight is 247 g/mol. The lowest BCUT2D eigenvalue weighted by molar-refractivity contribution is 0.573. The van der Waals surface area contributed by atoms with Crippen LogP contribution < -0.4 is 10.6 Å².